The Hall–Kier alpha value is -5.52. The molecule has 2 aliphatic rings. The van der Waals surface area contributed by atoms with Crippen LogP contribution in [0.5, 0.6) is 69.0 Å². The largest absolute Gasteiger partial charge is 0.493 e. The van der Waals surface area contributed by atoms with E-state index in [2.05, 4.69) is 13.8 Å². The summed E-state index contributed by atoms with van der Waals surface area (Å²) in [4.78, 5) is 0. The van der Waals surface area contributed by atoms with Crippen LogP contribution in [0.25, 0.3) is 0 Å². The Morgan fingerprint density at radius 2 is 0.774 bits per heavy atom. The fraction of sp³-hybridized carbons (Fsp3) is 0.415. The van der Waals surface area contributed by atoms with Crippen molar-refractivity contribution in [3.8, 4) is 69.0 Å². The molecule has 4 aromatic rings. The molecule has 0 bridgehead atoms. The fourth-order valence-corrected chi connectivity index (χ4v) is 6.61. The molecule has 0 N–H and O–H groups in total. The summed E-state index contributed by atoms with van der Waals surface area (Å²) in [6, 6.07) is 15.6. The van der Waals surface area contributed by atoms with Gasteiger partial charge in [0.1, 0.15) is 11.5 Å². The van der Waals surface area contributed by atoms with E-state index < -0.39 is 0 Å². The van der Waals surface area contributed by atoms with Gasteiger partial charge in [-0.2, -0.15) is 0 Å². The first-order valence-electron chi connectivity index (χ1n) is 17.6. The number of fused-ring (bicyclic) bond motifs is 2. The van der Waals surface area contributed by atoms with Gasteiger partial charge in [-0.3, -0.25) is 0 Å². The molecule has 12 nitrogen and oxygen atoms in total. The van der Waals surface area contributed by atoms with Gasteiger partial charge in [-0.25, -0.2) is 0 Å². The van der Waals surface area contributed by atoms with E-state index in [1.54, 1.807) is 42.7 Å². The van der Waals surface area contributed by atoms with Gasteiger partial charge >= 0.3 is 0 Å². The molecule has 0 unspecified atom stereocenters. The predicted octanol–water partition coefficient (Wildman–Crippen LogP) is 8.13. The lowest BCUT2D eigenvalue weighted by atomic mass is 9.91. The smallest absolute Gasteiger partial charge is 0.231 e. The van der Waals surface area contributed by atoms with Gasteiger partial charge in [0.05, 0.1) is 55.9 Å². The molecule has 2 aliphatic heterocycles. The lowest BCUT2D eigenvalue weighted by Gasteiger charge is -2.21. The minimum Gasteiger partial charge on any atom is -0.493 e. The van der Waals surface area contributed by atoms with E-state index in [0.717, 1.165) is 53.0 Å². The molecule has 0 aromatic heterocycles. The van der Waals surface area contributed by atoms with Crippen LogP contribution >= 0.6 is 0 Å². The maximum atomic E-state index is 6.41. The summed E-state index contributed by atoms with van der Waals surface area (Å²) in [6.07, 6.45) is 2.54. The third-order valence-corrected chi connectivity index (χ3v) is 9.62. The van der Waals surface area contributed by atoms with Crippen LogP contribution in [0.15, 0.2) is 48.5 Å². The van der Waals surface area contributed by atoms with Crippen molar-refractivity contribution in [1.29, 1.82) is 0 Å². The maximum Gasteiger partial charge on any atom is 0.231 e. The lowest BCUT2D eigenvalue weighted by Crippen LogP contribution is -2.07. The topological polar surface area (TPSA) is 111 Å². The van der Waals surface area contributed by atoms with E-state index in [1.807, 2.05) is 48.5 Å². The van der Waals surface area contributed by atoms with Gasteiger partial charge in [-0.05, 0) is 66.8 Å². The van der Waals surface area contributed by atoms with Crippen LogP contribution in [-0.2, 0) is 0 Å². The summed E-state index contributed by atoms with van der Waals surface area (Å²) in [7, 11) is 9.62. The second-order valence-corrected chi connectivity index (χ2v) is 12.6. The van der Waals surface area contributed by atoms with Gasteiger partial charge in [0, 0.05) is 35.1 Å². The van der Waals surface area contributed by atoms with Crippen LogP contribution in [0.4, 0.5) is 0 Å². The van der Waals surface area contributed by atoms with Crippen molar-refractivity contribution in [3.63, 3.8) is 0 Å². The normalized spacial score (nSPS) is 13.6. The number of unbranched alkanes of at least 4 members (excludes halogenated alkanes) is 2. The Morgan fingerprint density at radius 1 is 0.434 bits per heavy atom. The van der Waals surface area contributed by atoms with Crippen LogP contribution in [0.1, 0.15) is 67.2 Å². The second-order valence-electron chi connectivity index (χ2n) is 12.6. The van der Waals surface area contributed by atoms with Gasteiger partial charge in [0.25, 0.3) is 0 Å². The van der Waals surface area contributed by atoms with Crippen molar-refractivity contribution < 1.29 is 56.8 Å². The fourth-order valence-electron chi connectivity index (χ4n) is 6.61. The molecule has 0 saturated carbocycles. The van der Waals surface area contributed by atoms with Crippen molar-refractivity contribution in [2.75, 3.05) is 69.5 Å². The van der Waals surface area contributed by atoms with Crippen LogP contribution in [-0.4, -0.2) is 69.5 Å². The van der Waals surface area contributed by atoms with Gasteiger partial charge in [-0.15, -0.1) is 0 Å². The van der Waals surface area contributed by atoms with Crippen LogP contribution < -0.4 is 56.8 Å². The SMILES string of the molecule is COc1cc([C@@H](C)c2cc3c(cc2OCCCCCOc2cc4c(cc2[C@H](C)c2cc(OC)c(OC)c(OC)c2)OCO4)OCO3)cc(OC)c1OC. The van der Waals surface area contributed by atoms with Gasteiger partial charge in [0.15, 0.2) is 46.0 Å². The Kier molecular flexibility index (Phi) is 11.9. The number of benzene rings is 4. The Labute approximate surface area is 310 Å². The average Bonchev–Trinajstić information content (AvgIpc) is 3.86. The number of hydrogen-bond donors (Lipinski definition) is 0. The van der Waals surface area contributed by atoms with Gasteiger partial charge < -0.3 is 56.8 Å². The summed E-state index contributed by atoms with van der Waals surface area (Å²) < 4.78 is 69.2. The van der Waals surface area contributed by atoms with Crippen molar-refractivity contribution in [3.05, 3.63) is 70.8 Å². The molecule has 0 spiro atoms. The first-order valence-corrected chi connectivity index (χ1v) is 17.6. The van der Waals surface area contributed by atoms with E-state index in [4.69, 9.17) is 56.8 Å². The molecule has 0 amide bonds. The number of ether oxygens (including phenoxy) is 12. The van der Waals surface area contributed by atoms with Crippen LogP contribution in [0.2, 0.25) is 0 Å². The molecule has 0 saturated heterocycles. The zero-order valence-corrected chi connectivity index (χ0v) is 31.6. The summed E-state index contributed by atoms with van der Waals surface area (Å²) in [5.41, 5.74) is 3.87. The zero-order valence-electron chi connectivity index (χ0n) is 31.6. The highest BCUT2D eigenvalue weighted by Crippen LogP contribution is 2.48. The highest BCUT2D eigenvalue weighted by molar-refractivity contribution is 5.60. The van der Waals surface area contributed by atoms with Crippen LogP contribution in [0, 0.1) is 0 Å². The Morgan fingerprint density at radius 3 is 1.09 bits per heavy atom. The molecule has 0 radical (unpaired) electrons. The number of rotatable bonds is 18. The molecule has 284 valence electrons. The Bertz CT molecular complexity index is 1700. The predicted molar refractivity (Wildman–Crippen MR) is 197 cm³/mol. The maximum absolute atomic E-state index is 6.41. The van der Waals surface area contributed by atoms with E-state index in [9.17, 15) is 0 Å². The van der Waals surface area contributed by atoms with E-state index in [-0.39, 0.29) is 25.4 Å². The molecule has 0 fully saturated rings. The first kappa shape index (κ1) is 37.2. The van der Waals surface area contributed by atoms with Gasteiger partial charge in [-0.1, -0.05) is 13.8 Å². The van der Waals surface area contributed by atoms with E-state index >= 15 is 0 Å². The van der Waals surface area contributed by atoms with Crippen LogP contribution in [0.3, 0.4) is 0 Å². The lowest BCUT2D eigenvalue weighted by molar-refractivity contribution is 0.173. The molecular formula is C41H48O12. The molecule has 6 rings (SSSR count). The zero-order chi connectivity index (χ0) is 37.5. The average molecular weight is 733 g/mol. The van der Waals surface area contributed by atoms with Crippen molar-refractivity contribution in [2.24, 2.45) is 0 Å². The highest BCUT2D eigenvalue weighted by Gasteiger charge is 2.26. The van der Waals surface area contributed by atoms with E-state index in [0.29, 0.717) is 70.7 Å². The van der Waals surface area contributed by atoms with Crippen molar-refractivity contribution in [2.45, 2.75) is 44.9 Å². The summed E-state index contributed by atoms with van der Waals surface area (Å²) in [5, 5.41) is 0. The summed E-state index contributed by atoms with van der Waals surface area (Å²) in [5.74, 6) is 7.42. The van der Waals surface area contributed by atoms with Gasteiger partial charge in [0.2, 0.25) is 25.1 Å². The molecule has 53 heavy (non-hydrogen) atoms. The Balaban J connectivity index is 1.11. The monoisotopic (exact) mass is 732 g/mol. The molecule has 4 aromatic carbocycles. The summed E-state index contributed by atoms with van der Waals surface area (Å²) >= 11 is 0. The third-order valence-electron chi connectivity index (χ3n) is 9.62. The molecular weight excluding hydrogens is 684 g/mol. The third kappa shape index (κ3) is 7.81. The minimum absolute atomic E-state index is 0.0833. The number of hydrogen-bond acceptors (Lipinski definition) is 12. The molecule has 0 aliphatic carbocycles. The molecule has 2 atom stereocenters. The summed E-state index contributed by atoms with van der Waals surface area (Å²) in [6.45, 7) is 5.58. The first-order chi connectivity index (χ1) is 25.8. The van der Waals surface area contributed by atoms with E-state index in [1.165, 1.54) is 0 Å². The molecule has 12 heteroatoms. The second kappa shape index (κ2) is 16.9. The number of methoxy groups -OCH3 is 6. The quantitative estimate of drug-likeness (QED) is 0.0922. The van der Waals surface area contributed by atoms with Crippen molar-refractivity contribution in [1.82, 2.24) is 0 Å². The highest BCUT2D eigenvalue weighted by atomic mass is 16.7. The standard InChI is InChI=1S/C41H48O12/c1-24(26-14-36(42-3)40(46-7)37(15-26)43-4)28-18-32-34(52-22-50-32)20-30(28)48-12-10-9-11-13-49-31-21-35-33(51-23-53-35)19-29(31)25(2)27-16-38(44-5)41(47-8)39(17-27)45-6/h14-21,24-25H,9-13,22-23H2,1-8H3/t24-,25-/m1/s1. The molecule has 2 heterocycles. The van der Waals surface area contributed by atoms with Crippen molar-refractivity contribution >= 4 is 0 Å². The minimum atomic E-state index is -0.0833.